The predicted octanol–water partition coefficient (Wildman–Crippen LogP) is 3.65. The third-order valence-electron chi connectivity index (χ3n) is 3.99. The van der Waals surface area contributed by atoms with Crippen molar-refractivity contribution in [3.8, 4) is 0 Å². The van der Waals surface area contributed by atoms with Crippen LogP contribution in [0.1, 0.15) is 30.5 Å². The number of hydrogen-bond acceptors (Lipinski definition) is 3. The minimum atomic E-state index is -3.59. The maximum Gasteiger partial charge on any atom is 0.261 e. The van der Waals surface area contributed by atoms with E-state index in [2.05, 4.69) is 4.72 Å². The summed E-state index contributed by atoms with van der Waals surface area (Å²) in [6.45, 7) is 6.48. The van der Waals surface area contributed by atoms with Crippen molar-refractivity contribution in [3.63, 3.8) is 0 Å². The minimum Gasteiger partial charge on any atom is -0.371 e. The predicted molar refractivity (Wildman–Crippen MR) is 91.0 cm³/mol. The molecule has 5 heteroatoms. The first-order chi connectivity index (χ1) is 10.8. The Kier molecular flexibility index (Phi) is 3.94. The fourth-order valence-electron chi connectivity index (χ4n) is 2.78. The zero-order valence-electron chi connectivity index (χ0n) is 13.6. The van der Waals surface area contributed by atoms with Crippen molar-refractivity contribution in [2.24, 2.45) is 0 Å². The highest BCUT2D eigenvalue weighted by Crippen LogP contribution is 2.29. The van der Waals surface area contributed by atoms with Crippen LogP contribution in [0.25, 0.3) is 0 Å². The Hall–Kier alpha value is -1.85. The van der Waals surface area contributed by atoms with Gasteiger partial charge in [-0.2, -0.15) is 0 Å². The van der Waals surface area contributed by atoms with Crippen molar-refractivity contribution < 1.29 is 13.2 Å². The molecule has 122 valence electrons. The van der Waals surface area contributed by atoms with Crippen LogP contribution in [-0.4, -0.2) is 14.0 Å². The van der Waals surface area contributed by atoms with E-state index in [1.165, 1.54) is 0 Å². The molecule has 3 rings (SSSR count). The minimum absolute atomic E-state index is 0.265. The van der Waals surface area contributed by atoms with E-state index in [0.717, 1.165) is 16.7 Å². The van der Waals surface area contributed by atoms with Crippen LogP contribution < -0.4 is 4.72 Å². The molecule has 0 atom stereocenters. The topological polar surface area (TPSA) is 55.4 Å². The molecular formula is C18H21NO3S. The summed E-state index contributed by atoms with van der Waals surface area (Å²) in [6, 6.07) is 12.6. The molecule has 1 aliphatic heterocycles. The zero-order chi connectivity index (χ0) is 16.7. The third kappa shape index (κ3) is 3.57. The Labute approximate surface area is 137 Å². The van der Waals surface area contributed by atoms with Gasteiger partial charge in [-0.3, -0.25) is 4.72 Å². The first kappa shape index (κ1) is 16.0. The summed E-state index contributed by atoms with van der Waals surface area (Å²) in [4.78, 5) is 0.287. The van der Waals surface area contributed by atoms with E-state index >= 15 is 0 Å². The van der Waals surface area contributed by atoms with Gasteiger partial charge in [0.05, 0.1) is 17.1 Å². The molecule has 4 nitrogen and oxygen atoms in total. The summed E-state index contributed by atoms with van der Waals surface area (Å²) in [6.07, 6.45) is 0.705. The summed E-state index contributed by atoms with van der Waals surface area (Å²) >= 11 is 0. The smallest absolute Gasteiger partial charge is 0.261 e. The summed E-state index contributed by atoms with van der Waals surface area (Å²) in [5.41, 5.74) is 3.41. The van der Waals surface area contributed by atoms with E-state index < -0.39 is 10.0 Å². The third-order valence-corrected chi connectivity index (χ3v) is 5.37. The average Bonchev–Trinajstić information content (AvgIpc) is 2.45. The maximum absolute atomic E-state index is 12.6. The van der Waals surface area contributed by atoms with Gasteiger partial charge in [-0.25, -0.2) is 8.42 Å². The molecule has 0 radical (unpaired) electrons. The van der Waals surface area contributed by atoms with Crippen molar-refractivity contribution in [3.05, 3.63) is 59.2 Å². The summed E-state index contributed by atoms with van der Waals surface area (Å²) in [5.74, 6) is 0. The number of anilines is 1. The number of hydrogen-bond donors (Lipinski definition) is 1. The van der Waals surface area contributed by atoms with Gasteiger partial charge in [0.25, 0.3) is 10.0 Å². The molecule has 0 fully saturated rings. The van der Waals surface area contributed by atoms with Gasteiger partial charge >= 0.3 is 0 Å². The van der Waals surface area contributed by atoms with Crippen molar-refractivity contribution in [1.82, 2.24) is 0 Å². The van der Waals surface area contributed by atoms with Gasteiger partial charge in [0.15, 0.2) is 0 Å². The molecule has 0 aliphatic carbocycles. The summed E-state index contributed by atoms with van der Waals surface area (Å²) < 4.78 is 33.6. The van der Waals surface area contributed by atoms with E-state index in [1.807, 2.05) is 45.0 Å². The van der Waals surface area contributed by atoms with Crippen LogP contribution in [0, 0.1) is 6.92 Å². The van der Waals surface area contributed by atoms with Crippen LogP contribution in [-0.2, 0) is 27.8 Å². The van der Waals surface area contributed by atoms with E-state index in [9.17, 15) is 8.42 Å². The Morgan fingerprint density at radius 3 is 2.61 bits per heavy atom. The average molecular weight is 331 g/mol. The van der Waals surface area contributed by atoms with Crippen LogP contribution in [0.2, 0.25) is 0 Å². The van der Waals surface area contributed by atoms with Gasteiger partial charge < -0.3 is 4.74 Å². The molecular weight excluding hydrogens is 310 g/mol. The molecule has 0 aromatic heterocycles. The van der Waals surface area contributed by atoms with Crippen molar-refractivity contribution in [1.29, 1.82) is 0 Å². The molecule has 0 unspecified atom stereocenters. The second kappa shape index (κ2) is 5.65. The zero-order valence-corrected chi connectivity index (χ0v) is 14.4. The van der Waals surface area contributed by atoms with Crippen LogP contribution in [0.15, 0.2) is 47.4 Å². The second-order valence-corrected chi connectivity index (χ2v) is 8.31. The summed E-state index contributed by atoms with van der Waals surface area (Å²) in [5, 5.41) is 0. The van der Waals surface area contributed by atoms with Gasteiger partial charge in [-0.05, 0) is 61.7 Å². The lowest BCUT2D eigenvalue weighted by molar-refractivity contribution is -0.0401. The van der Waals surface area contributed by atoms with E-state index in [4.69, 9.17) is 4.74 Å². The lowest BCUT2D eigenvalue weighted by Gasteiger charge is -2.32. The molecule has 23 heavy (non-hydrogen) atoms. The van der Waals surface area contributed by atoms with Gasteiger partial charge in [0.2, 0.25) is 0 Å². The molecule has 2 aromatic rings. The number of nitrogens with one attached hydrogen (secondary N) is 1. The number of ether oxygens (including phenoxy) is 1. The first-order valence-electron chi connectivity index (χ1n) is 7.60. The number of rotatable bonds is 3. The largest absolute Gasteiger partial charge is 0.371 e. The van der Waals surface area contributed by atoms with Crippen molar-refractivity contribution in [2.45, 2.75) is 44.3 Å². The quantitative estimate of drug-likeness (QED) is 0.934. The van der Waals surface area contributed by atoms with Crippen LogP contribution in [0.5, 0.6) is 0 Å². The number of fused-ring (bicyclic) bond motifs is 1. The van der Waals surface area contributed by atoms with E-state index in [0.29, 0.717) is 18.7 Å². The van der Waals surface area contributed by atoms with E-state index in [-0.39, 0.29) is 10.5 Å². The Balaban J connectivity index is 1.92. The Morgan fingerprint density at radius 1 is 1.09 bits per heavy atom. The lowest BCUT2D eigenvalue weighted by Crippen LogP contribution is -2.32. The molecule has 1 N–H and O–H groups in total. The normalized spacial score (nSPS) is 16.7. The summed E-state index contributed by atoms with van der Waals surface area (Å²) in [7, 11) is -3.59. The maximum atomic E-state index is 12.6. The molecule has 2 aromatic carbocycles. The standard InChI is InChI=1S/C18H21NO3S/c1-13-5-4-6-16(9-13)19-23(20,21)17-8-7-14-12-22-18(2,3)11-15(14)10-17/h4-10,19H,11-12H2,1-3H3. The molecule has 0 saturated heterocycles. The first-order valence-corrected chi connectivity index (χ1v) is 9.09. The second-order valence-electron chi connectivity index (χ2n) is 6.63. The molecule has 0 bridgehead atoms. The Morgan fingerprint density at radius 2 is 1.87 bits per heavy atom. The molecule has 0 spiro atoms. The van der Waals surface area contributed by atoms with Gasteiger partial charge in [0, 0.05) is 12.1 Å². The Bertz CT molecular complexity index is 841. The number of benzene rings is 2. The van der Waals surface area contributed by atoms with Crippen molar-refractivity contribution in [2.75, 3.05) is 4.72 Å². The van der Waals surface area contributed by atoms with Crippen LogP contribution in [0.4, 0.5) is 5.69 Å². The molecule has 0 saturated carbocycles. The number of sulfonamides is 1. The monoisotopic (exact) mass is 331 g/mol. The molecule has 1 aliphatic rings. The number of aryl methyl sites for hydroxylation is 1. The van der Waals surface area contributed by atoms with Gasteiger partial charge in [-0.1, -0.05) is 18.2 Å². The molecule has 1 heterocycles. The fourth-order valence-corrected chi connectivity index (χ4v) is 3.88. The van der Waals surface area contributed by atoms with Crippen LogP contribution >= 0.6 is 0 Å². The lowest BCUT2D eigenvalue weighted by atomic mass is 9.92. The van der Waals surface area contributed by atoms with E-state index in [1.54, 1.807) is 18.2 Å². The highest BCUT2D eigenvalue weighted by molar-refractivity contribution is 7.92. The van der Waals surface area contributed by atoms with Crippen molar-refractivity contribution >= 4 is 15.7 Å². The van der Waals surface area contributed by atoms with Crippen LogP contribution in [0.3, 0.4) is 0 Å². The molecule has 0 amide bonds. The van der Waals surface area contributed by atoms with Gasteiger partial charge in [-0.15, -0.1) is 0 Å². The SMILES string of the molecule is Cc1cccc(NS(=O)(=O)c2ccc3c(c2)CC(C)(C)OC3)c1. The fraction of sp³-hybridized carbons (Fsp3) is 0.333. The highest BCUT2D eigenvalue weighted by Gasteiger charge is 2.27. The van der Waals surface area contributed by atoms with Gasteiger partial charge in [0.1, 0.15) is 0 Å². The highest BCUT2D eigenvalue weighted by atomic mass is 32.2.